The molecular formula is C23H23F2N3O5. The molecule has 0 aliphatic carbocycles. The fraction of sp³-hybridized carbons (Fsp3) is 0.261. The fourth-order valence-electron chi connectivity index (χ4n) is 3.26. The summed E-state index contributed by atoms with van der Waals surface area (Å²) in [6, 6.07) is 8.04. The van der Waals surface area contributed by atoms with Crippen LogP contribution in [-0.2, 0) is 20.7 Å². The molecule has 0 bridgehead atoms. The highest BCUT2D eigenvalue weighted by molar-refractivity contribution is 5.94. The number of aryl methyl sites for hydroxylation is 1. The lowest BCUT2D eigenvalue weighted by atomic mass is 10.1. The number of esters is 1. The highest BCUT2D eigenvalue weighted by Gasteiger charge is 2.19. The van der Waals surface area contributed by atoms with Gasteiger partial charge in [-0.05, 0) is 38.1 Å². The van der Waals surface area contributed by atoms with Gasteiger partial charge in [0.2, 0.25) is 0 Å². The number of aromatic nitrogens is 2. The first kappa shape index (κ1) is 23.7. The fourth-order valence-corrected chi connectivity index (χ4v) is 3.26. The van der Waals surface area contributed by atoms with Crippen LogP contribution >= 0.6 is 0 Å². The van der Waals surface area contributed by atoms with Crippen LogP contribution in [0.1, 0.15) is 17.0 Å². The minimum Gasteiger partial charge on any atom is -0.497 e. The molecule has 0 atom stereocenters. The summed E-state index contributed by atoms with van der Waals surface area (Å²) in [6.45, 7) is 2.81. The van der Waals surface area contributed by atoms with Gasteiger partial charge in [0.1, 0.15) is 23.0 Å². The number of methoxy groups -OCH3 is 2. The van der Waals surface area contributed by atoms with Crippen molar-refractivity contribution >= 4 is 17.6 Å². The Kier molecular flexibility index (Phi) is 7.27. The number of rotatable bonds is 8. The van der Waals surface area contributed by atoms with E-state index >= 15 is 0 Å². The van der Waals surface area contributed by atoms with Crippen LogP contribution in [0.3, 0.4) is 0 Å². The summed E-state index contributed by atoms with van der Waals surface area (Å²) in [7, 11) is 2.95. The maximum absolute atomic E-state index is 14.2. The molecule has 1 aromatic heterocycles. The van der Waals surface area contributed by atoms with Crippen molar-refractivity contribution in [2.45, 2.75) is 20.3 Å². The summed E-state index contributed by atoms with van der Waals surface area (Å²) in [6.07, 6.45) is -0.170. The van der Waals surface area contributed by atoms with Crippen molar-refractivity contribution in [3.63, 3.8) is 0 Å². The Hall–Kier alpha value is -3.95. The average Bonchev–Trinajstić information content (AvgIpc) is 3.05. The van der Waals surface area contributed by atoms with Crippen LogP contribution in [-0.4, -0.2) is 42.5 Å². The molecule has 0 fully saturated rings. The van der Waals surface area contributed by atoms with Crippen LogP contribution < -0.4 is 14.8 Å². The molecule has 0 unspecified atom stereocenters. The number of nitrogens with zero attached hydrogens (tertiary/aromatic N) is 2. The second-order valence-corrected chi connectivity index (χ2v) is 7.11. The Bertz CT molecular complexity index is 1190. The van der Waals surface area contributed by atoms with Crippen LogP contribution in [0, 0.1) is 25.5 Å². The topological polar surface area (TPSA) is 91.7 Å². The minimum atomic E-state index is -0.778. The van der Waals surface area contributed by atoms with Gasteiger partial charge in [-0.15, -0.1) is 0 Å². The molecule has 0 radical (unpaired) electrons. The number of anilines is 1. The number of carbonyl (C=O) groups is 2. The molecule has 1 amide bonds. The molecule has 0 spiro atoms. The van der Waals surface area contributed by atoms with E-state index in [0.717, 1.165) is 12.1 Å². The summed E-state index contributed by atoms with van der Waals surface area (Å²) in [4.78, 5) is 24.6. The number of amides is 1. The summed E-state index contributed by atoms with van der Waals surface area (Å²) < 4.78 is 44.1. The van der Waals surface area contributed by atoms with Gasteiger partial charge in [-0.2, -0.15) is 5.10 Å². The zero-order valence-corrected chi connectivity index (χ0v) is 18.6. The van der Waals surface area contributed by atoms with E-state index in [4.69, 9.17) is 14.2 Å². The number of hydrogen-bond acceptors (Lipinski definition) is 6. The second-order valence-electron chi connectivity index (χ2n) is 7.11. The molecule has 174 valence electrons. The average molecular weight is 459 g/mol. The minimum absolute atomic E-state index is 0.0585. The standard InChI is InChI=1S/C23H23F2N3O5/c1-13-17(14(2)28(27-13)20-7-5-15(24)9-18(20)25)11-23(30)33-12-22(29)26-19-10-16(31-3)6-8-21(19)32-4/h5-10H,11-12H2,1-4H3,(H,26,29). The normalized spacial score (nSPS) is 10.6. The van der Waals surface area contributed by atoms with E-state index in [-0.39, 0.29) is 12.1 Å². The lowest BCUT2D eigenvalue weighted by molar-refractivity contribution is -0.146. The van der Waals surface area contributed by atoms with Gasteiger partial charge in [0.25, 0.3) is 5.91 Å². The molecule has 33 heavy (non-hydrogen) atoms. The van der Waals surface area contributed by atoms with Gasteiger partial charge in [0.15, 0.2) is 12.4 Å². The Morgan fingerprint density at radius 1 is 1.06 bits per heavy atom. The smallest absolute Gasteiger partial charge is 0.310 e. The molecular weight excluding hydrogens is 436 g/mol. The van der Waals surface area contributed by atoms with Crippen LogP contribution in [0.25, 0.3) is 5.69 Å². The zero-order chi connectivity index (χ0) is 24.1. The second kappa shape index (κ2) is 10.1. The quantitative estimate of drug-likeness (QED) is 0.519. The van der Waals surface area contributed by atoms with E-state index in [1.54, 1.807) is 32.0 Å². The molecule has 0 saturated heterocycles. The van der Waals surface area contributed by atoms with Gasteiger partial charge in [0.05, 0.1) is 32.0 Å². The summed E-state index contributed by atoms with van der Waals surface area (Å²) in [5.74, 6) is -1.77. The zero-order valence-electron chi connectivity index (χ0n) is 18.6. The van der Waals surface area contributed by atoms with E-state index in [2.05, 4.69) is 10.4 Å². The Morgan fingerprint density at radius 3 is 2.48 bits per heavy atom. The van der Waals surface area contributed by atoms with Crippen LogP contribution in [0.5, 0.6) is 11.5 Å². The summed E-state index contributed by atoms with van der Waals surface area (Å²) in [5.41, 5.74) is 1.94. The number of ether oxygens (including phenoxy) is 3. The predicted octanol–water partition coefficient (Wildman–Crippen LogP) is 3.51. The van der Waals surface area contributed by atoms with Crippen molar-refractivity contribution in [2.75, 3.05) is 26.1 Å². The van der Waals surface area contributed by atoms with Gasteiger partial charge in [-0.25, -0.2) is 13.5 Å². The third-order valence-electron chi connectivity index (χ3n) is 4.95. The predicted molar refractivity (Wildman–Crippen MR) is 116 cm³/mol. The van der Waals surface area contributed by atoms with Crippen LogP contribution in [0.15, 0.2) is 36.4 Å². The highest BCUT2D eigenvalue weighted by atomic mass is 19.1. The largest absolute Gasteiger partial charge is 0.497 e. The van der Waals surface area contributed by atoms with E-state index in [9.17, 15) is 18.4 Å². The molecule has 1 N–H and O–H groups in total. The molecule has 0 aliphatic rings. The SMILES string of the molecule is COc1ccc(OC)c(NC(=O)COC(=O)Cc2c(C)nn(-c3ccc(F)cc3F)c2C)c1. The summed E-state index contributed by atoms with van der Waals surface area (Å²) in [5, 5.41) is 6.86. The molecule has 1 heterocycles. The molecule has 0 aliphatic heterocycles. The molecule has 3 rings (SSSR count). The van der Waals surface area contributed by atoms with Crippen molar-refractivity contribution < 1.29 is 32.6 Å². The third-order valence-corrected chi connectivity index (χ3v) is 4.95. The first-order valence-electron chi connectivity index (χ1n) is 9.91. The van der Waals surface area contributed by atoms with Crippen molar-refractivity contribution in [3.05, 3.63) is 65.0 Å². The van der Waals surface area contributed by atoms with E-state index in [0.29, 0.717) is 34.1 Å². The maximum atomic E-state index is 14.2. The van der Waals surface area contributed by atoms with Gasteiger partial charge >= 0.3 is 5.97 Å². The number of hydrogen-bond donors (Lipinski definition) is 1. The number of halogens is 2. The summed E-state index contributed by atoms with van der Waals surface area (Å²) >= 11 is 0. The number of nitrogens with one attached hydrogen (secondary N) is 1. The van der Waals surface area contributed by atoms with E-state index < -0.39 is 30.1 Å². The van der Waals surface area contributed by atoms with Crippen molar-refractivity contribution in [1.82, 2.24) is 9.78 Å². The van der Waals surface area contributed by atoms with Crippen molar-refractivity contribution in [1.29, 1.82) is 0 Å². The van der Waals surface area contributed by atoms with Crippen LogP contribution in [0.2, 0.25) is 0 Å². The maximum Gasteiger partial charge on any atom is 0.310 e. The van der Waals surface area contributed by atoms with Gasteiger partial charge < -0.3 is 19.5 Å². The lowest BCUT2D eigenvalue weighted by Crippen LogP contribution is -2.22. The Balaban J connectivity index is 1.65. The van der Waals surface area contributed by atoms with E-state index in [1.807, 2.05) is 0 Å². The van der Waals surface area contributed by atoms with Crippen molar-refractivity contribution in [3.8, 4) is 17.2 Å². The highest BCUT2D eigenvalue weighted by Crippen LogP contribution is 2.28. The third kappa shape index (κ3) is 5.46. The van der Waals surface area contributed by atoms with Gasteiger partial charge in [0, 0.05) is 23.4 Å². The monoisotopic (exact) mass is 459 g/mol. The lowest BCUT2D eigenvalue weighted by Gasteiger charge is -2.12. The van der Waals surface area contributed by atoms with Crippen LogP contribution in [0.4, 0.5) is 14.5 Å². The first-order chi connectivity index (χ1) is 15.7. The van der Waals surface area contributed by atoms with Gasteiger partial charge in [-0.1, -0.05) is 0 Å². The molecule has 0 saturated carbocycles. The van der Waals surface area contributed by atoms with E-state index in [1.165, 1.54) is 25.0 Å². The molecule has 8 nitrogen and oxygen atoms in total. The number of benzene rings is 2. The van der Waals surface area contributed by atoms with Gasteiger partial charge in [-0.3, -0.25) is 9.59 Å². The number of carbonyl (C=O) groups excluding carboxylic acids is 2. The van der Waals surface area contributed by atoms with Crippen molar-refractivity contribution in [2.24, 2.45) is 0 Å². The molecule has 2 aromatic carbocycles. The Morgan fingerprint density at radius 2 is 1.82 bits per heavy atom. The Labute approximate surface area is 189 Å². The molecule has 3 aromatic rings. The first-order valence-corrected chi connectivity index (χ1v) is 9.91. The molecule has 10 heteroatoms.